The van der Waals surface area contributed by atoms with Crippen LogP contribution in [-0.4, -0.2) is 6.03 Å². The third kappa shape index (κ3) is 3.73. The van der Waals surface area contributed by atoms with Crippen molar-refractivity contribution in [2.75, 3.05) is 10.6 Å². The molecule has 0 saturated carbocycles. The van der Waals surface area contributed by atoms with E-state index in [2.05, 4.69) is 10.6 Å². The summed E-state index contributed by atoms with van der Waals surface area (Å²) in [6.07, 6.45) is 0. The molecule has 3 nitrogen and oxygen atoms in total. The van der Waals surface area contributed by atoms with Gasteiger partial charge < -0.3 is 10.6 Å². The molecule has 0 bridgehead atoms. The molecule has 0 saturated heterocycles. The molecule has 2 aromatic rings. The van der Waals surface area contributed by atoms with E-state index in [0.29, 0.717) is 10.7 Å². The van der Waals surface area contributed by atoms with E-state index in [9.17, 15) is 4.79 Å². The molecule has 0 aliphatic rings. The number of halogens is 1. The van der Waals surface area contributed by atoms with E-state index in [0.717, 1.165) is 16.8 Å². The highest BCUT2D eigenvalue weighted by Gasteiger charge is 2.04. The van der Waals surface area contributed by atoms with Crippen LogP contribution in [0.4, 0.5) is 16.2 Å². The van der Waals surface area contributed by atoms with Crippen molar-refractivity contribution in [3.05, 3.63) is 58.6 Å². The Labute approximate surface area is 117 Å². The molecule has 0 aliphatic heterocycles. The fourth-order valence-corrected chi connectivity index (χ4v) is 1.87. The molecule has 0 spiro atoms. The first-order valence-electron chi connectivity index (χ1n) is 5.95. The number of rotatable bonds is 2. The fraction of sp³-hybridized carbons (Fsp3) is 0.133. The Balaban J connectivity index is 2.03. The third-order valence-electron chi connectivity index (χ3n) is 2.71. The minimum absolute atomic E-state index is 0.287. The van der Waals surface area contributed by atoms with Gasteiger partial charge in [0.1, 0.15) is 0 Å². The average Bonchev–Trinajstić information content (AvgIpc) is 2.34. The number of benzene rings is 2. The number of urea groups is 1. The SMILES string of the molecule is Cc1cccc(NC(=O)Nc2ccc(C)c(Cl)c2)c1. The van der Waals surface area contributed by atoms with Crippen LogP contribution in [0, 0.1) is 13.8 Å². The highest BCUT2D eigenvalue weighted by atomic mass is 35.5. The molecule has 0 aromatic heterocycles. The fourth-order valence-electron chi connectivity index (χ4n) is 1.69. The zero-order valence-corrected chi connectivity index (χ0v) is 11.6. The van der Waals surface area contributed by atoms with Crippen molar-refractivity contribution >= 4 is 29.0 Å². The molecule has 98 valence electrons. The van der Waals surface area contributed by atoms with E-state index >= 15 is 0 Å². The molecular weight excluding hydrogens is 260 g/mol. The zero-order chi connectivity index (χ0) is 13.8. The number of hydrogen-bond donors (Lipinski definition) is 2. The summed E-state index contributed by atoms with van der Waals surface area (Å²) in [5.74, 6) is 0. The van der Waals surface area contributed by atoms with Gasteiger partial charge in [0.05, 0.1) is 0 Å². The van der Waals surface area contributed by atoms with Crippen LogP contribution in [0.3, 0.4) is 0 Å². The van der Waals surface area contributed by atoms with E-state index in [1.54, 1.807) is 6.07 Å². The van der Waals surface area contributed by atoms with Crippen LogP contribution in [0.5, 0.6) is 0 Å². The lowest BCUT2D eigenvalue weighted by atomic mass is 10.2. The summed E-state index contributed by atoms with van der Waals surface area (Å²) in [5.41, 5.74) is 3.50. The van der Waals surface area contributed by atoms with Gasteiger partial charge in [0.2, 0.25) is 0 Å². The Morgan fingerprint density at radius 2 is 1.68 bits per heavy atom. The monoisotopic (exact) mass is 274 g/mol. The zero-order valence-electron chi connectivity index (χ0n) is 10.8. The second kappa shape index (κ2) is 5.76. The molecule has 0 atom stereocenters. The highest BCUT2D eigenvalue weighted by Crippen LogP contribution is 2.20. The maximum Gasteiger partial charge on any atom is 0.323 e. The molecule has 0 unspecified atom stereocenters. The van der Waals surface area contributed by atoms with Crippen molar-refractivity contribution in [1.29, 1.82) is 0 Å². The maximum atomic E-state index is 11.8. The lowest BCUT2D eigenvalue weighted by Gasteiger charge is -2.09. The van der Waals surface area contributed by atoms with Crippen molar-refractivity contribution in [3.8, 4) is 0 Å². The summed E-state index contributed by atoms with van der Waals surface area (Å²) in [4.78, 5) is 11.8. The quantitative estimate of drug-likeness (QED) is 0.825. The van der Waals surface area contributed by atoms with Crippen LogP contribution < -0.4 is 10.6 Å². The molecular formula is C15H15ClN2O. The number of hydrogen-bond acceptors (Lipinski definition) is 1. The van der Waals surface area contributed by atoms with E-state index in [4.69, 9.17) is 11.6 Å². The highest BCUT2D eigenvalue weighted by molar-refractivity contribution is 6.31. The second-order valence-corrected chi connectivity index (χ2v) is 4.82. The van der Waals surface area contributed by atoms with Crippen molar-refractivity contribution < 1.29 is 4.79 Å². The van der Waals surface area contributed by atoms with Crippen LogP contribution in [0.1, 0.15) is 11.1 Å². The summed E-state index contributed by atoms with van der Waals surface area (Å²) in [5, 5.41) is 6.15. The van der Waals surface area contributed by atoms with E-state index in [-0.39, 0.29) is 6.03 Å². The predicted octanol–water partition coefficient (Wildman–Crippen LogP) is 4.60. The van der Waals surface area contributed by atoms with Crippen molar-refractivity contribution in [2.24, 2.45) is 0 Å². The van der Waals surface area contributed by atoms with Gasteiger partial charge in [-0.2, -0.15) is 0 Å². The van der Waals surface area contributed by atoms with Gasteiger partial charge in [-0.3, -0.25) is 0 Å². The van der Waals surface area contributed by atoms with E-state index in [1.165, 1.54) is 0 Å². The van der Waals surface area contributed by atoms with Gasteiger partial charge in [0, 0.05) is 16.4 Å². The van der Waals surface area contributed by atoms with Gasteiger partial charge in [0.25, 0.3) is 0 Å². The Bertz CT molecular complexity index is 611. The Morgan fingerprint density at radius 3 is 2.32 bits per heavy atom. The number of anilines is 2. The van der Waals surface area contributed by atoms with E-state index in [1.807, 2.05) is 50.2 Å². The van der Waals surface area contributed by atoms with Gasteiger partial charge in [0.15, 0.2) is 0 Å². The summed E-state index contributed by atoms with van der Waals surface area (Å²) in [6, 6.07) is 12.7. The molecule has 4 heteroatoms. The molecule has 0 aliphatic carbocycles. The first kappa shape index (κ1) is 13.4. The van der Waals surface area contributed by atoms with Gasteiger partial charge in [-0.25, -0.2) is 4.79 Å². The number of carbonyl (C=O) groups is 1. The van der Waals surface area contributed by atoms with E-state index < -0.39 is 0 Å². The number of aryl methyl sites for hydroxylation is 2. The molecule has 0 heterocycles. The first-order valence-corrected chi connectivity index (χ1v) is 6.33. The van der Waals surface area contributed by atoms with Crippen molar-refractivity contribution in [3.63, 3.8) is 0 Å². The average molecular weight is 275 g/mol. The Kier molecular flexibility index (Phi) is 4.07. The van der Waals surface area contributed by atoms with Crippen molar-refractivity contribution in [1.82, 2.24) is 0 Å². The lowest BCUT2D eigenvalue weighted by Crippen LogP contribution is -2.19. The van der Waals surface area contributed by atoms with Crippen molar-refractivity contribution in [2.45, 2.75) is 13.8 Å². The smallest absolute Gasteiger partial charge is 0.308 e. The van der Waals surface area contributed by atoms with Gasteiger partial charge in [-0.1, -0.05) is 29.8 Å². The molecule has 2 amide bonds. The molecule has 0 fully saturated rings. The Hall–Kier alpha value is -2.00. The van der Waals surface area contributed by atoms with Crippen LogP contribution in [0.25, 0.3) is 0 Å². The summed E-state index contributed by atoms with van der Waals surface area (Å²) in [6.45, 7) is 3.89. The normalized spacial score (nSPS) is 10.1. The molecule has 19 heavy (non-hydrogen) atoms. The molecule has 2 rings (SSSR count). The van der Waals surface area contributed by atoms with Gasteiger partial charge in [-0.15, -0.1) is 0 Å². The molecule has 0 radical (unpaired) electrons. The van der Waals surface area contributed by atoms with Gasteiger partial charge in [-0.05, 0) is 49.2 Å². The van der Waals surface area contributed by atoms with Gasteiger partial charge >= 0.3 is 6.03 Å². The number of carbonyl (C=O) groups excluding carboxylic acids is 1. The minimum atomic E-state index is -0.287. The van der Waals surface area contributed by atoms with Crippen LogP contribution in [0.15, 0.2) is 42.5 Å². The summed E-state index contributed by atoms with van der Waals surface area (Å²) >= 11 is 6.01. The van der Waals surface area contributed by atoms with Crippen LogP contribution >= 0.6 is 11.6 Å². The topological polar surface area (TPSA) is 41.1 Å². The predicted molar refractivity (Wildman–Crippen MR) is 80.0 cm³/mol. The standard InChI is InChI=1S/C15H15ClN2O/c1-10-4-3-5-12(8-10)17-15(19)18-13-7-6-11(2)14(16)9-13/h3-9H,1-2H3,(H2,17,18,19). The molecule has 2 aromatic carbocycles. The maximum absolute atomic E-state index is 11.8. The number of amides is 2. The Morgan fingerprint density at radius 1 is 1.00 bits per heavy atom. The number of nitrogens with one attached hydrogen (secondary N) is 2. The lowest BCUT2D eigenvalue weighted by molar-refractivity contribution is 0.262. The summed E-state index contributed by atoms with van der Waals surface area (Å²) in [7, 11) is 0. The molecule has 2 N–H and O–H groups in total. The van der Waals surface area contributed by atoms with Crippen LogP contribution in [-0.2, 0) is 0 Å². The largest absolute Gasteiger partial charge is 0.323 e. The minimum Gasteiger partial charge on any atom is -0.308 e. The first-order chi connectivity index (χ1) is 9.04. The van der Waals surface area contributed by atoms with Crippen LogP contribution in [0.2, 0.25) is 5.02 Å². The second-order valence-electron chi connectivity index (χ2n) is 4.41. The third-order valence-corrected chi connectivity index (χ3v) is 3.11. The summed E-state index contributed by atoms with van der Waals surface area (Å²) < 4.78 is 0.